The average Bonchev–Trinajstić information content (AvgIpc) is 3.23. The van der Waals surface area contributed by atoms with Crippen LogP contribution in [0.5, 0.6) is 0 Å². The lowest BCUT2D eigenvalue weighted by Gasteiger charge is -2.50. The van der Waals surface area contributed by atoms with Crippen molar-refractivity contribution in [2.75, 3.05) is 26.2 Å². The largest absolute Gasteiger partial charge is 0.363 e. The summed E-state index contributed by atoms with van der Waals surface area (Å²) in [7, 11) is 0. The van der Waals surface area contributed by atoms with Crippen molar-refractivity contribution in [2.45, 2.75) is 26.0 Å². The van der Waals surface area contributed by atoms with Crippen molar-refractivity contribution in [3.8, 4) is 11.3 Å². The van der Waals surface area contributed by atoms with Crippen molar-refractivity contribution >= 4 is 17.1 Å². The molecule has 2 amide bonds. The molecule has 0 aliphatic carbocycles. The molecule has 0 saturated carbocycles. The Morgan fingerprint density at radius 2 is 2.26 bits per heavy atom. The van der Waals surface area contributed by atoms with Gasteiger partial charge in [0.1, 0.15) is 11.2 Å². The van der Waals surface area contributed by atoms with Crippen molar-refractivity contribution in [3.63, 3.8) is 0 Å². The van der Waals surface area contributed by atoms with E-state index in [4.69, 9.17) is 9.84 Å². The fraction of sp³-hybridized carbons (Fsp3) is 0.421. The topological polar surface area (TPSA) is 88.1 Å². The van der Waals surface area contributed by atoms with Gasteiger partial charge in [0.15, 0.2) is 0 Å². The molecule has 0 radical (unpaired) electrons. The van der Waals surface area contributed by atoms with E-state index in [9.17, 15) is 4.79 Å². The fourth-order valence-corrected chi connectivity index (χ4v) is 4.00. The normalized spacial score (nSPS) is 17.8. The van der Waals surface area contributed by atoms with Gasteiger partial charge >= 0.3 is 6.03 Å². The second kappa shape index (κ2) is 5.82. The number of nitrogens with zero attached hydrogens (tertiary/aromatic N) is 4. The van der Waals surface area contributed by atoms with Gasteiger partial charge in [-0.2, -0.15) is 5.10 Å². The number of carbonyl (C=O) groups excluding carboxylic acids is 1. The molecular formula is C19H22N6O2. The molecule has 5 heterocycles. The SMILES string of the molecule is CCNC(=O)N1CC2(C1)OCCn1nc(-c3cnc4[nH]cc(C)c4c3)cc12. The van der Waals surface area contributed by atoms with Gasteiger partial charge in [0, 0.05) is 29.9 Å². The first kappa shape index (κ1) is 16.3. The number of aromatic nitrogens is 4. The second-order valence-corrected chi connectivity index (χ2v) is 7.26. The van der Waals surface area contributed by atoms with Gasteiger partial charge in [0.05, 0.1) is 37.6 Å². The summed E-state index contributed by atoms with van der Waals surface area (Å²) in [5.41, 5.74) is 4.52. The lowest BCUT2D eigenvalue weighted by atomic mass is 9.88. The first-order valence-electron chi connectivity index (χ1n) is 9.29. The predicted octanol–water partition coefficient (Wildman–Crippen LogP) is 2.01. The molecule has 27 heavy (non-hydrogen) atoms. The molecule has 0 bridgehead atoms. The third-order valence-electron chi connectivity index (χ3n) is 5.47. The van der Waals surface area contributed by atoms with Crippen LogP contribution in [0.2, 0.25) is 0 Å². The maximum absolute atomic E-state index is 12.0. The van der Waals surface area contributed by atoms with Crippen LogP contribution in [0.15, 0.2) is 24.5 Å². The number of aromatic amines is 1. The Morgan fingerprint density at radius 1 is 1.41 bits per heavy atom. The Hall–Kier alpha value is -2.87. The van der Waals surface area contributed by atoms with E-state index in [1.54, 1.807) is 4.90 Å². The highest BCUT2D eigenvalue weighted by Crippen LogP contribution is 2.40. The van der Waals surface area contributed by atoms with Crippen LogP contribution < -0.4 is 5.32 Å². The molecule has 2 aliphatic heterocycles. The van der Waals surface area contributed by atoms with Crippen LogP contribution in [0.3, 0.4) is 0 Å². The van der Waals surface area contributed by atoms with E-state index in [1.165, 1.54) is 5.56 Å². The molecule has 2 N–H and O–H groups in total. The number of urea groups is 1. The Bertz CT molecular complexity index is 1030. The van der Waals surface area contributed by atoms with Crippen molar-refractivity contribution in [1.29, 1.82) is 0 Å². The van der Waals surface area contributed by atoms with Gasteiger partial charge in [0.25, 0.3) is 0 Å². The molecule has 0 aromatic carbocycles. The van der Waals surface area contributed by atoms with Gasteiger partial charge in [-0.05, 0) is 31.5 Å². The molecule has 140 valence electrons. The zero-order valence-electron chi connectivity index (χ0n) is 15.5. The lowest BCUT2D eigenvalue weighted by molar-refractivity contribution is -0.155. The number of aryl methyl sites for hydroxylation is 1. The van der Waals surface area contributed by atoms with Crippen LogP contribution in [-0.4, -0.2) is 56.9 Å². The summed E-state index contributed by atoms with van der Waals surface area (Å²) in [4.78, 5) is 21.5. The van der Waals surface area contributed by atoms with E-state index >= 15 is 0 Å². The molecule has 0 atom stereocenters. The maximum Gasteiger partial charge on any atom is 0.317 e. The quantitative estimate of drug-likeness (QED) is 0.726. The Balaban J connectivity index is 1.47. The first-order chi connectivity index (χ1) is 13.1. The summed E-state index contributed by atoms with van der Waals surface area (Å²) < 4.78 is 8.13. The monoisotopic (exact) mass is 366 g/mol. The zero-order chi connectivity index (χ0) is 18.6. The number of H-pyrrole nitrogens is 1. The molecule has 2 aliphatic rings. The first-order valence-corrected chi connectivity index (χ1v) is 9.29. The van der Waals surface area contributed by atoms with Gasteiger partial charge in [-0.25, -0.2) is 9.78 Å². The van der Waals surface area contributed by atoms with Crippen molar-refractivity contribution in [1.82, 2.24) is 30.0 Å². The summed E-state index contributed by atoms with van der Waals surface area (Å²) in [6.45, 7) is 7.04. The number of hydrogen-bond acceptors (Lipinski definition) is 4. The average molecular weight is 366 g/mol. The van der Waals surface area contributed by atoms with Gasteiger partial charge in [-0.15, -0.1) is 0 Å². The summed E-state index contributed by atoms with van der Waals surface area (Å²) in [5, 5.41) is 8.74. The molecule has 1 fully saturated rings. The number of carbonyl (C=O) groups is 1. The lowest BCUT2D eigenvalue weighted by Crippen LogP contribution is -2.66. The number of nitrogens with one attached hydrogen (secondary N) is 2. The highest BCUT2D eigenvalue weighted by Gasteiger charge is 2.51. The molecule has 3 aromatic rings. The Kier molecular flexibility index (Phi) is 3.51. The minimum absolute atomic E-state index is 0.0406. The molecule has 8 nitrogen and oxygen atoms in total. The number of pyridine rings is 1. The summed E-state index contributed by atoms with van der Waals surface area (Å²) in [5.74, 6) is 0. The van der Waals surface area contributed by atoms with Gasteiger partial charge < -0.3 is 19.9 Å². The van der Waals surface area contributed by atoms with Crippen LogP contribution in [0, 0.1) is 6.92 Å². The Morgan fingerprint density at radius 3 is 3.07 bits per heavy atom. The number of likely N-dealkylation sites (tertiary alicyclic amines) is 1. The van der Waals surface area contributed by atoms with Crippen LogP contribution in [-0.2, 0) is 16.9 Å². The third-order valence-corrected chi connectivity index (χ3v) is 5.47. The minimum Gasteiger partial charge on any atom is -0.363 e. The van der Waals surface area contributed by atoms with Gasteiger partial charge in [-0.3, -0.25) is 4.68 Å². The standard InChI is InChI=1S/C19H22N6O2/c1-3-20-18(26)24-10-19(11-24)16-7-15(23-25(16)4-5-27-19)13-6-14-12(2)8-21-17(14)22-9-13/h6-9H,3-5,10-11H2,1-2H3,(H,20,26)(H,21,22). The smallest absolute Gasteiger partial charge is 0.317 e. The molecule has 0 unspecified atom stereocenters. The number of rotatable bonds is 2. The van der Waals surface area contributed by atoms with Crippen molar-refractivity contribution in [3.05, 3.63) is 35.8 Å². The van der Waals surface area contributed by atoms with E-state index < -0.39 is 5.60 Å². The van der Waals surface area contributed by atoms with E-state index in [0.29, 0.717) is 26.2 Å². The zero-order valence-corrected chi connectivity index (χ0v) is 15.5. The van der Waals surface area contributed by atoms with Crippen molar-refractivity contribution < 1.29 is 9.53 Å². The van der Waals surface area contributed by atoms with E-state index in [2.05, 4.69) is 34.3 Å². The number of fused-ring (bicyclic) bond motifs is 3. The van der Waals surface area contributed by atoms with E-state index in [1.807, 2.05) is 24.0 Å². The van der Waals surface area contributed by atoms with Gasteiger partial charge in [-0.1, -0.05) is 0 Å². The van der Waals surface area contributed by atoms with Crippen LogP contribution in [0.4, 0.5) is 4.79 Å². The second-order valence-electron chi connectivity index (χ2n) is 7.26. The Labute approximate surface area is 156 Å². The van der Waals surface area contributed by atoms with Crippen LogP contribution in [0.25, 0.3) is 22.3 Å². The summed E-state index contributed by atoms with van der Waals surface area (Å²) >= 11 is 0. The van der Waals surface area contributed by atoms with Crippen LogP contribution in [0.1, 0.15) is 18.2 Å². The number of ether oxygens (including phenoxy) is 1. The highest BCUT2D eigenvalue weighted by molar-refractivity contribution is 5.83. The fourth-order valence-electron chi connectivity index (χ4n) is 4.00. The van der Waals surface area contributed by atoms with E-state index in [0.717, 1.165) is 34.5 Å². The highest BCUT2D eigenvalue weighted by atomic mass is 16.5. The van der Waals surface area contributed by atoms with E-state index in [-0.39, 0.29) is 6.03 Å². The molecule has 1 saturated heterocycles. The number of amides is 2. The minimum atomic E-state index is -0.448. The summed E-state index contributed by atoms with van der Waals surface area (Å²) in [6, 6.07) is 4.16. The van der Waals surface area contributed by atoms with Crippen LogP contribution >= 0.6 is 0 Å². The maximum atomic E-state index is 12.0. The third kappa shape index (κ3) is 2.43. The molecule has 3 aromatic heterocycles. The number of hydrogen-bond donors (Lipinski definition) is 2. The van der Waals surface area contributed by atoms with Gasteiger partial charge in [0.2, 0.25) is 0 Å². The predicted molar refractivity (Wildman–Crippen MR) is 100 cm³/mol. The molecular weight excluding hydrogens is 344 g/mol. The molecule has 5 rings (SSSR count). The summed E-state index contributed by atoms with van der Waals surface area (Å²) in [6.07, 6.45) is 3.81. The molecule has 8 heteroatoms. The van der Waals surface area contributed by atoms with Crippen molar-refractivity contribution in [2.24, 2.45) is 0 Å². The molecule has 1 spiro atoms.